The van der Waals surface area contributed by atoms with Gasteiger partial charge in [0.2, 0.25) is 5.91 Å². The predicted molar refractivity (Wildman–Crippen MR) is 108 cm³/mol. The zero-order chi connectivity index (χ0) is 26.8. The lowest BCUT2D eigenvalue weighted by atomic mass is 9.96. The molecular weight excluding hydrogens is 554 g/mol. The molecular formula is C17H16F6N2O7S3. The fraction of sp³-hybridized carbons (Fsp3) is 0.529. The van der Waals surface area contributed by atoms with Crippen LogP contribution in [-0.2, 0) is 41.0 Å². The van der Waals surface area contributed by atoms with Crippen LogP contribution in [0, 0.1) is 0 Å². The van der Waals surface area contributed by atoms with Crippen LogP contribution in [0.4, 0.5) is 26.3 Å². The number of ether oxygens (including phenoxy) is 1. The molecule has 0 radical (unpaired) electrons. The van der Waals surface area contributed by atoms with Gasteiger partial charge in [0.15, 0.2) is 0 Å². The number of hydrogen-bond acceptors (Lipinski definition) is 8. The first-order valence-corrected chi connectivity index (χ1v) is 13.1. The molecule has 0 aliphatic carbocycles. The highest BCUT2D eigenvalue weighted by molar-refractivity contribution is 8.05. The normalized spacial score (nSPS) is 24.8. The molecule has 1 aromatic carbocycles. The zero-order valence-corrected chi connectivity index (χ0v) is 20.0. The topological polar surface area (TPSA) is 118 Å². The molecule has 9 nitrogen and oxygen atoms in total. The molecule has 18 heteroatoms. The van der Waals surface area contributed by atoms with Crippen molar-refractivity contribution in [3.8, 4) is 0 Å². The minimum Gasteiger partial charge on any atom is -0.459 e. The standard InChI is InChI=1S/C17H16F6N2O7S3/c1-15(2)11(14(27)32-8-9-6-4-3-5-7-9)24-12(26)10(13(24)33-15)25(34(28,29)16(18,19)20)35(30,31)17(21,22)23/h3-7,10-11,13H,8H2,1-2H3/t10-,11+,13-/m1/s1. The van der Waals surface area contributed by atoms with Crippen molar-refractivity contribution in [2.45, 2.75) is 53.7 Å². The Kier molecular flexibility index (Phi) is 6.70. The molecule has 2 heterocycles. The average Bonchev–Trinajstić information content (AvgIpc) is 2.96. The van der Waals surface area contributed by atoms with E-state index in [-0.39, 0.29) is 6.61 Å². The maximum absolute atomic E-state index is 13.1. The predicted octanol–water partition coefficient (Wildman–Crippen LogP) is 2.16. The Labute approximate surface area is 199 Å². The monoisotopic (exact) mass is 570 g/mol. The van der Waals surface area contributed by atoms with Gasteiger partial charge in [-0.1, -0.05) is 34.0 Å². The zero-order valence-electron chi connectivity index (χ0n) is 17.6. The number of benzene rings is 1. The molecule has 35 heavy (non-hydrogen) atoms. The van der Waals surface area contributed by atoms with E-state index in [2.05, 4.69) is 0 Å². The Balaban J connectivity index is 1.97. The highest BCUT2D eigenvalue weighted by atomic mass is 32.3. The van der Waals surface area contributed by atoms with Crippen LogP contribution in [0.15, 0.2) is 30.3 Å². The Morgan fingerprint density at radius 1 is 1.03 bits per heavy atom. The van der Waals surface area contributed by atoms with Gasteiger partial charge in [0, 0.05) is 4.75 Å². The number of β-lactam (4-membered cyclic amide) rings is 1. The first-order valence-electron chi connectivity index (χ1n) is 9.38. The number of fused-ring (bicyclic) bond motifs is 1. The van der Waals surface area contributed by atoms with Crippen molar-refractivity contribution in [1.29, 1.82) is 0 Å². The van der Waals surface area contributed by atoms with Crippen molar-refractivity contribution in [1.82, 2.24) is 8.61 Å². The summed E-state index contributed by atoms with van der Waals surface area (Å²) in [4.78, 5) is 26.0. The van der Waals surface area contributed by atoms with Crippen molar-refractivity contribution in [2.75, 3.05) is 0 Å². The summed E-state index contributed by atoms with van der Waals surface area (Å²) < 4.78 is 128. The summed E-state index contributed by atoms with van der Waals surface area (Å²) in [5.41, 5.74) is -12.4. The summed E-state index contributed by atoms with van der Waals surface area (Å²) in [6, 6.07) is 3.68. The third-order valence-corrected chi connectivity index (χ3v) is 10.5. The second-order valence-electron chi connectivity index (χ2n) is 7.93. The van der Waals surface area contributed by atoms with Crippen LogP contribution in [0.2, 0.25) is 0 Å². The van der Waals surface area contributed by atoms with Crippen molar-refractivity contribution in [2.24, 2.45) is 0 Å². The van der Waals surface area contributed by atoms with Gasteiger partial charge in [0.1, 0.15) is 24.1 Å². The number of hydrogen-bond donors (Lipinski definition) is 0. The highest BCUT2D eigenvalue weighted by Gasteiger charge is 2.73. The van der Waals surface area contributed by atoms with E-state index in [0.717, 1.165) is 0 Å². The number of rotatable bonds is 6. The molecule has 3 rings (SSSR count). The largest absolute Gasteiger partial charge is 0.512 e. The number of alkyl halides is 6. The molecule has 1 amide bonds. The van der Waals surface area contributed by atoms with Crippen LogP contribution in [-0.4, -0.2) is 70.5 Å². The minimum atomic E-state index is -7.18. The first kappa shape index (κ1) is 27.5. The molecule has 0 N–H and O–H groups in total. The number of carbonyl (C=O) groups excluding carboxylic acids is 2. The van der Waals surface area contributed by atoms with E-state index in [0.29, 0.717) is 22.2 Å². The SMILES string of the molecule is CC1(C)S[C@@H]2[C@H](N(S(=O)(=O)C(F)(F)F)S(=O)(=O)C(F)(F)F)C(=O)N2[C@H]1C(=O)OCc1ccccc1. The van der Waals surface area contributed by atoms with Crippen LogP contribution in [0.25, 0.3) is 0 Å². The maximum atomic E-state index is 13.1. The number of esters is 1. The average molecular weight is 571 g/mol. The van der Waals surface area contributed by atoms with Gasteiger partial charge >= 0.3 is 37.0 Å². The summed E-state index contributed by atoms with van der Waals surface area (Å²) in [5.74, 6) is -2.79. The number of sulfonamides is 2. The summed E-state index contributed by atoms with van der Waals surface area (Å²) in [6.45, 7) is 2.36. The van der Waals surface area contributed by atoms with Gasteiger partial charge in [0.05, 0.1) is 0 Å². The Bertz CT molecular complexity index is 1190. The highest BCUT2D eigenvalue weighted by Crippen LogP contribution is 2.54. The molecule has 0 bridgehead atoms. The molecule has 2 saturated heterocycles. The second-order valence-corrected chi connectivity index (χ2v) is 13.5. The van der Waals surface area contributed by atoms with Crippen LogP contribution in [0.3, 0.4) is 0 Å². The number of carbonyl (C=O) groups is 2. The van der Waals surface area contributed by atoms with Gasteiger partial charge in [-0.05, 0) is 19.4 Å². The molecule has 0 unspecified atom stereocenters. The van der Waals surface area contributed by atoms with E-state index < -0.39 is 68.9 Å². The molecule has 3 atom stereocenters. The van der Waals surface area contributed by atoms with E-state index >= 15 is 0 Å². The molecule has 196 valence electrons. The molecule has 0 spiro atoms. The summed E-state index contributed by atoms with van der Waals surface area (Å²) in [7, 11) is -14.4. The first-order chi connectivity index (χ1) is 15.7. The quantitative estimate of drug-likeness (QED) is 0.290. The lowest BCUT2D eigenvalue weighted by molar-refractivity contribution is -0.166. The fourth-order valence-corrected chi connectivity index (χ4v) is 8.39. The Morgan fingerprint density at radius 3 is 1.97 bits per heavy atom. The molecule has 1 aromatic rings. The van der Waals surface area contributed by atoms with Gasteiger partial charge < -0.3 is 9.64 Å². The number of amides is 1. The van der Waals surface area contributed by atoms with E-state index in [1.54, 1.807) is 30.3 Å². The van der Waals surface area contributed by atoms with Gasteiger partial charge in [-0.25, -0.2) is 21.6 Å². The van der Waals surface area contributed by atoms with E-state index in [1.165, 1.54) is 13.8 Å². The third-order valence-electron chi connectivity index (χ3n) is 5.15. The molecule has 2 aliphatic rings. The van der Waals surface area contributed by atoms with E-state index in [4.69, 9.17) is 4.74 Å². The number of thioether (sulfide) groups is 1. The fourth-order valence-electron chi connectivity index (χ4n) is 3.61. The molecule has 0 saturated carbocycles. The Hall–Kier alpha value is -2.05. The smallest absolute Gasteiger partial charge is 0.459 e. The van der Waals surface area contributed by atoms with Crippen LogP contribution >= 0.6 is 11.8 Å². The van der Waals surface area contributed by atoms with Crippen molar-refractivity contribution in [3.63, 3.8) is 0 Å². The van der Waals surface area contributed by atoms with E-state index in [9.17, 15) is 52.8 Å². The van der Waals surface area contributed by atoms with Crippen molar-refractivity contribution >= 4 is 43.7 Å². The van der Waals surface area contributed by atoms with Gasteiger partial charge in [-0.2, -0.15) is 26.3 Å². The molecule has 2 aliphatic heterocycles. The second kappa shape index (κ2) is 8.52. The minimum absolute atomic E-state index is 0.274. The van der Waals surface area contributed by atoms with Crippen LogP contribution in [0.5, 0.6) is 0 Å². The van der Waals surface area contributed by atoms with Crippen LogP contribution < -0.4 is 0 Å². The number of nitrogens with zero attached hydrogens (tertiary/aromatic N) is 2. The van der Waals surface area contributed by atoms with Crippen molar-refractivity contribution in [3.05, 3.63) is 35.9 Å². The third kappa shape index (κ3) is 4.48. The molecule has 0 aromatic heterocycles. The van der Waals surface area contributed by atoms with Crippen LogP contribution in [0.1, 0.15) is 19.4 Å². The lowest BCUT2D eigenvalue weighted by Gasteiger charge is -2.46. The van der Waals surface area contributed by atoms with Gasteiger partial charge in [-0.15, -0.1) is 11.8 Å². The molecule has 2 fully saturated rings. The summed E-state index contributed by atoms with van der Waals surface area (Å²) in [5, 5.41) is -1.85. The van der Waals surface area contributed by atoms with Gasteiger partial charge in [-0.3, -0.25) is 4.79 Å². The summed E-state index contributed by atoms with van der Waals surface area (Å²) >= 11 is 0.468. The van der Waals surface area contributed by atoms with E-state index in [1.807, 2.05) is 0 Å². The Morgan fingerprint density at radius 2 is 1.51 bits per heavy atom. The lowest BCUT2D eigenvalue weighted by Crippen LogP contribution is -2.73. The van der Waals surface area contributed by atoms with Crippen molar-refractivity contribution < 1.29 is 57.5 Å². The van der Waals surface area contributed by atoms with Gasteiger partial charge in [0.25, 0.3) is 0 Å². The number of halogens is 6. The summed E-state index contributed by atoms with van der Waals surface area (Å²) in [6.07, 6.45) is 0. The maximum Gasteiger partial charge on any atom is 0.512 e.